The number of anilines is 1. The second kappa shape index (κ2) is 13.6. The summed E-state index contributed by atoms with van der Waals surface area (Å²) in [6.45, 7) is 1.01. The Morgan fingerprint density at radius 3 is 2.39 bits per heavy atom. The third-order valence-electron chi connectivity index (χ3n) is 7.58. The van der Waals surface area contributed by atoms with Crippen LogP contribution in [0.15, 0.2) is 102 Å². The molecule has 2 aliphatic heterocycles. The molecule has 4 aromatic rings. The highest BCUT2D eigenvalue weighted by Crippen LogP contribution is 2.41. The first kappa shape index (κ1) is 31.1. The molecule has 0 aliphatic carbocycles. The van der Waals surface area contributed by atoms with Gasteiger partial charge in [0.1, 0.15) is 23.7 Å². The van der Waals surface area contributed by atoms with Crippen LogP contribution < -0.4 is 10.6 Å². The van der Waals surface area contributed by atoms with Crippen LogP contribution in [0.1, 0.15) is 24.2 Å². The highest BCUT2D eigenvalue weighted by molar-refractivity contribution is 8.00. The average molecular weight is 657 g/mol. The van der Waals surface area contributed by atoms with Crippen LogP contribution in [0.5, 0.6) is 0 Å². The summed E-state index contributed by atoms with van der Waals surface area (Å²) in [6, 6.07) is 24.8. The third-order valence-corrected chi connectivity index (χ3v) is 9.16. The number of benzene rings is 3. The molecule has 3 aromatic carbocycles. The normalized spacial score (nSPS) is 17.3. The maximum atomic E-state index is 13.9. The Hall–Kier alpha value is -4.87. The monoisotopic (exact) mass is 656 g/mol. The van der Waals surface area contributed by atoms with E-state index in [0.717, 1.165) is 16.5 Å². The van der Waals surface area contributed by atoms with Crippen molar-refractivity contribution in [1.29, 1.82) is 0 Å². The number of ether oxygens (including phenoxy) is 2. The standard InChI is InChI=1S/C34H29ClN4O6S/c1-20(40)44-18-23-19-46-33-29(38-28(41)17-37-26-14-15-36-27-16-24(35)12-13-25(26)27)32(42)39(33)30(23)34(43)45-31(21-8-4-2-5-9-21)22-10-6-3-7-11-22/h2-16,29,31,33H,17-19H2,1H3,(H,36,37)(H,38,41)/t29-,33-/m1/s1. The van der Waals surface area contributed by atoms with Gasteiger partial charge in [-0.05, 0) is 35.4 Å². The smallest absolute Gasteiger partial charge is 0.356 e. The van der Waals surface area contributed by atoms with E-state index in [1.807, 2.05) is 66.7 Å². The predicted molar refractivity (Wildman–Crippen MR) is 175 cm³/mol. The van der Waals surface area contributed by atoms with E-state index in [0.29, 0.717) is 27.6 Å². The molecule has 0 radical (unpaired) electrons. The van der Waals surface area contributed by atoms with E-state index in [1.165, 1.54) is 23.6 Å². The van der Waals surface area contributed by atoms with Crippen molar-refractivity contribution in [3.05, 3.63) is 119 Å². The van der Waals surface area contributed by atoms with E-state index in [2.05, 4.69) is 15.6 Å². The minimum Gasteiger partial charge on any atom is -0.461 e. The zero-order chi connectivity index (χ0) is 32.2. The largest absolute Gasteiger partial charge is 0.461 e. The Labute approximate surface area is 274 Å². The molecule has 46 heavy (non-hydrogen) atoms. The van der Waals surface area contributed by atoms with Gasteiger partial charge < -0.3 is 20.1 Å². The first-order valence-corrected chi connectivity index (χ1v) is 15.9. The van der Waals surface area contributed by atoms with Gasteiger partial charge in [0.25, 0.3) is 5.91 Å². The fourth-order valence-corrected chi connectivity index (χ4v) is 6.89. The van der Waals surface area contributed by atoms with Crippen molar-refractivity contribution >= 4 is 63.7 Å². The third kappa shape index (κ3) is 6.56. The number of nitrogens with zero attached hydrogens (tertiary/aromatic N) is 2. The molecule has 12 heteroatoms. The number of β-lactam (4-membered cyclic amide) rings is 1. The molecule has 2 atom stereocenters. The Kier molecular flexibility index (Phi) is 9.23. The van der Waals surface area contributed by atoms with E-state index in [1.54, 1.807) is 24.4 Å². The van der Waals surface area contributed by atoms with Gasteiger partial charge in [0.05, 0.1) is 12.1 Å². The fraction of sp³-hybridized carbons (Fsp3) is 0.206. The molecule has 1 saturated heterocycles. The number of hydrogen-bond acceptors (Lipinski definition) is 9. The molecule has 2 aliphatic rings. The van der Waals surface area contributed by atoms with Crippen molar-refractivity contribution in [2.45, 2.75) is 24.4 Å². The zero-order valence-corrected chi connectivity index (χ0v) is 26.2. The number of aromatic nitrogens is 1. The maximum Gasteiger partial charge on any atom is 0.356 e. The van der Waals surface area contributed by atoms with Gasteiger partial charge >= 0.3 is 11.9 Å². The van der Waals surface area contributed by atoms with Gasteiger partial charge in [0.2, 0.25) is 5.91 Å². The SMILES string of the molecule is CC(=O)OCC1=C(C(=O)OC(c2ccccc2)c2ccccc2)N2C(=O)[C@@H](NC(=O)CNc3ccnc4cc(Cl)ccc34)[C@H]2SC1. The Morgan fingerprint density at radius 2 is 1.72 bits per heavy atom. The molecule has 1 aromatic heterocycles. The molecule has 234 valence electrons. The van der Waals surface area contributed by atoms with Gasteiger partial charge in [0.15, 0.2) is 6.10 Å². The topological polar surface area (TPSA) is 127 Å². The second-order valence-corrected chi connectivity index (χ2v) is 12.2. The summed E-state index contributed by atoms with van der Waals surface area (Å²) < 4.78 is 11.3. The van der Waals surface area contributed by atoms with E-state index in [-0.39, 0.29) is 18.8 Å². The molecular formula is C34H29ClN4O6S. The van der Waals surface area contributed by atoms with Gasteiger partial charge in [-0.1, -0.05) is 72.3 Å². The first-order chi connectivity index (χ1) is 22.3. The summed E-state index contributed by atoms with van der Waals surface area (Å²) in [7, 11) is 0. The molecule has 0 saturated carbocycles. The molecule has 0 bridgehead atoms. The molecule has 0 spiro atoms. The summed E-state index contributed by atoms with van der Waals surface area (Å²) in [5.41, 5.74) is 3.36. The zero-order valence-electron chi connectivity index (χ0n) is 24.6. The Balaban J connectivity index is 1.19. The van der Waals surface area contributed by atoms with Crippen molar-refractivity contribution < 1.29 is 28.7 Å². The molecular weight excluding hydrogens is 628 g/mol. The Morgan fingerprint density at radius 1 is 1.02 bits per heavy atom. The lowest BCUT2D eigenvalue weighted by molar-refractivity contribution is -0.155. The van der Waals surface area contributed by atoms with E-state index < -0.39 is 41.3 Å². The highest BCUT2D eigenvalue weighted by Gasteiger charge is 2.54. The van der Waals surface area contributed by atoms with Gasteiger partial charge in [-0.3, -0.25) is 24.3 Å². The molecule has 2 N–H and O–H groups in total. The maximum absolute atomic E-state index is 13.9. The summed E-state index contributed by atoms with van der Waals surface area (Å²) in [5, 5.41) is 6.71. The van der Waals surface area contributed by atoms with Crippen LogP contribution in [0.4, 0.5) is 5.69 Å². The number of thioether (sulfide) groups is 1. The van der Waals surface area contributed by atoms with Crippen LogP contribution in [0.3, 0.4) is 0 Å². The summed E-state index contributed by atoms with van der Waals surface area (Å²) in [4.78, 5) is 57.8. The van der Waals surface area contributed by atoms with Gasteiger partial charge in [-0.2, -0.15) is 0 Å². The van der Waals surface area contributed by atoms with Gasteiger partial charge in [0, 0.05) is 40.5 Å². The van der Waals surface area contributed by atoms with Gasteiger partial charge in [-0.25, -0.2) is 4.79 Å². The molecule has 1 fully saturated rings. The number of amides is 2. The quantitative estimate of drug-likeness (QED) is 0.182. The fourth-order valence-electron chi connectivity index (χ4n) is 5.39. The first-order valence-electron chi connectivity index (χ1n) is 14.5. The molecule has 0 unspecified atom stereocenters. The van der Waals surface area contributed by atoms with Crippen LogP contribution in [0.2, 0.25) is 5.02 Å². The van der Waals surface area contributed by atoms with Crippen LogP contribution in [0.25, 0.3) is 10.9 Å². The molecule has 6 rings (SSSR count). The lowest BCUT2D eigenvalue weighted by Crippen LogP contribution is -2.71. The molecule has 3 heterocycles. The lowest BCUT2D eigenvalue weighted by atomic mass is 10.0. The highest BCUT2D eigenvalue weighted by atomic mass is 35.5. The molecule has 10 nitrogen and oxygen atoms in total. The van der Waals surface area contributed by atoms with E-state index in [4.69, 9.17) is 21.1 Å². The van der Waals surface area contributed by atoms with Crippen LogP contribution in [-0.4, -0.2) is 64.0 Å². The lowest BCUT2D eigenvalue weighted by Gasteiger charge is -2.49. The average Bonchev–Trinajstić information content (AvgIpc) is 3.07. The minimum absolute atomic E-state index is 0.0254. The summed E-state index contributed by atoms with van der Waals surface area (Å²) in [5.74, 6) is -1.81. The van der Waals surface area contributed by atoms with Crippen LogP contribution in [0, 0.1) is 0 Å². The number of carbonyl (C=O) groups excluding carboxylic acids is 4. The van der Waals surface area contributed by atoms with Crippen LogP contribution >= 0.6 is 23.4 Å². The number of fused-ring (bicyclic) bond motifs is 2. The summed E-state index contributed by atoms with van der Waals surface area (Å²) >= 11 is 7.45. The van der Waals surface area contributed by atoms with E-state index in [9.17, 15) is 19.2 Å². The van der Waals surface area contributed by atoms with Crippen molar-refractivity contribution in [3.8, 4) is 0 Å². The minimum atomic E-state index is -0.857. The van der Waals surface area contributed by atoms with Crippen LogP contribution in [-0.2, 0) is 28.7 Å². The number of pyridine rings is 1. The second-order valence-electron chi connectivity index (χ2n) is 10.7. The number of nitrogens with one attached hydrogen (secondary N) is 2. The number of halogens is 1. The van der Waals surface area contributed by atoms with Crippen molar-refractivity contribution in [2.24, 2.45) is 0 Å². The van der Waals surface area contributed by atoms with Crippen molar-refractivity contribution in [2.75, 3.05) is 24.2 Å². The van der Waals surface area contributed by atoms with Gasteiger partial charge in [-0.15, -0.1) is 11.8 Å². The van der Waals surface area contributed by atoms with E-state index >= 15 is 0 Å². The number of rotatable bonds is 10. The van der Waals surface area contributed by atoms with Crippen molar-refractivity contribution in [3.63, 3.8) is 0 Å². The predicted octanol–water partition coefficient (Wildman–Crippen LogP) is 4.85. The molecule has 2 amide bonds. The number of carbonyl (C=O) groups is 4. The number of hydrogen-bond donors (Lipinski definition) is 2. The summed E-state index contributed by atoms with van der Waals surface area (Å²) in [6.07, 6.45) is 0.870. The van der Waals surface area contributed by atoms with Crippen molar-refractivity contribution in [1.82, 2.24) is 15.2 Å². The Bertz CT molecular complexity index is 1800. The number of esters is 2.